The second-order valence-electron chi connectivity index (χ2n) is 5.00. The van der Waals surface area contributed by atoms with Crippen LogP contribution in [0.4, 0.5) is 5.69 Å². The van der Waals surface area contributed by atoms with Gasteiger partial charge in [0.2, 0.25) is 0 Å². The quantitative estimate of drug-likeness (QED) is 0.585. The third-order valence-electron chi connectivity index (χ3n) is 3.05. The minimum atomic E-state index is -0.0593. The van der Waals surface area contributed by atoms with Crippen molar-refractivity contribution in [2.45, 2.75) is 52.0 Å². The summed E-state index contributed by atoms with van der Waals surface area (Å²) in [6, 6.07) is 5.47. The van der Waals surface area contributed by atoms with Gasteiger partial charge in [0.05, 0.1) is 0 Å². The monoisotopic (exact) mass is 326 g/mol. The molecule has 0 saturated heterocycles. The summed E-state index contributed by atoms with van der Waals surface area (Å²) >= 11 is 3.35. The van der Waals surface area contributed by atoms with Crippen LogP contribution in [0, 0.1) is 0 Å². The summed E-state index contributed by atoms with van der Waals surface area (Å²) in [5.41, 5.74) is 6.93. The normalized spacial score (nSPS) is 12.2. The van der Waals surface area contributed by atoms with Gasteiger partial charge in [-0.05, 0) is 31.5 Å². The van der Waals surface area contributed by atoms with E-state index in [-0.39, 0.29) is 11.9 Å². The summed E-state index contributed by atoms with van der Waals surface area (Å²) in [4.78, 5) is 12.1. The van der Waals surface area contributed by atoms with Crippen LogP contribution in [0.1, 0.15) is 56.3 Å². The number of benzene rings is 1. The highest BCUT2D eigenvalue weighted by molar-refractivity contribution is 9.10. The van der Waals surface area contributed by atoms with Gasteiger partial charge >= 0.3 is 0 Å². The van der Waals surface area contributed by atoms with Crippen LogP contribution in [0.3, 0.4) is 0 Å². The number of nitrogens with one attached hydrogen (secondary N) is 1. The number of nitrogen functional groups attached to an aromatic ring is 1. The van der Waals surface area contributed by atoms with Crippen molar-refractivity contribution in [2.75, 3.05) is 5.73 Å². The van der Waals surface area contributed by atoms with E-state index >= 15 is 0 Å². The number of carbonyl (C=O) groups excluding carboxylic acids is 1. The zero-order chi connectivity index (χ0) is 14.3. The van der Waals surface area contributed by atoms with Gasteiger partial charge in [0.15, 0.2) is 0 Å². The molecule has 0 aliphatic heterocycles. The maximum Gasteiger partial charge on any atom is 0.251 e. The lowest BCUT2D eigenvalue weighted by molar-refractivity contribution is 0.0938. The van der Waals surface area contributed by atoms with Gasteiger partial charge in [-0.3, -0.25) is 4.79 Å². The number of nitrogens with two attached hydrogens (primary N) is 1. The first-order valence-corrected chi connectivity index (χ1v) is 7.69. The lowest BCUT2D eigenvalue weighted by atomic mass is 10.1. The van der Waals surface area contributed by atoms with E-state index in [4.69, 9.17) is 5.73 Å². The van der Waals surface area contributed by atoms with Crippen molar-refractivity contribution in [1.82, 2.24) is 5.32 Å². The minimum Gasteiger partial charge on any atom is -0.399 e. The smallest absolute Gasteiger partial charge is 0.251 e. The number of amides is 1. The van der Waals surface area contributed by atoms with Gasteiger partial charge in [-0.1, -0.05) is 48.5 Å². The highest BCUT2D eigenvalue weighted by Crippen LogP contribution is 2.17. The molecule has 1 aromatic rings. The highest BCUT2D eigenvalue weighted by Gasteiger charge is 2.10. The zero-order valence-corrected chi connectivity index (χ0v) is 13.3. The largest absolute Gasteiger partial charge is 0.399 e. The van der Waals surface area contributed by atoms with Gasteiger partial charge in [-0.2, -0.15) is 0 Å². The number of unbranched alkanes of at least 4 members (excludes halogenated alkanes) is 3. The molecule has 0 heterocycles. The maximum atomic E-state index is 12.1. The van der Waals surface area contributed by atoms with Crippen LogP contribution < -0.4 is 11.1 Å². The Morgan fingerprint density at radius 2 is 2.05 bits per heavy atom. The van der Waals surface area contributed by atoms with Crippen molar-refractivity contribution in [3.8, 4) is 0 Å². The van der Waals surface area contributed by atoms with E-state index < -0.39 is 0 Å². The van der Waals surface area contributed by atoms with Crippen LogP contribution in [0.15, 0.2) is 22.7 Å². The molecule has 19 heavy (non-hydrogen) atoms. The molecule has 0 spiro atoms. The molecule has 0 saturated carbocycles. The van der Waals surface area contributed by atoms with Gasteiger partial charge in [-0.25, -0.2) is 0 Å². The van der Waals surface area contributed by atoms with Gasteiger partial charge in [-0.15, -0.1) is 0 Å². The summed E-state index contributed by atoms with van der Waals surface area (Å²) in [6.45, 7) is 4.24. The van der Waals surface area contributed by atoms with E-state index in [9.17, 15) is 4.79 Å². The van der Waals surface area contributed by atoms with Crippen molar-refractivity contribution in [1.29, 1.82) is 0 Å². The van der Waals surface area contributed by atoms with Crippen LogP contribution in [-0.2, 0) is 0 Å². The Bertz CT molecular complexity index is 400. The summed E-state index contributed by atoms with van der Waals surface area (Å²) < 4.78 is 0.827. The number of hydrogen-bond donors (Lipinski definition) is 2. The number of halogens is 1. The average Bonchev–Trinajstić information content (AvgIpc) is 2.33. The minimum absolute atomic E-state index is 0.0593. The standard InChI is InChI=1S/C15H23BrN2O/c1-3-4-5-6-7-11(2)18-15(19)12-8-13(16)10-14(17)9-12/h8-11H,3-7,17H2,1-2H3,(H,18,19). The second-order valence-corrected chi connectivity index (χ2v) is 5.91. The van der Waals surface area contributed by atoms with Crippen molar-refractivity contribution in [2.24, 2.45) is 0 Å². The Kier molecular flexibility index (Phi) is 6.92. The summed E-state index contributed by atoms with van der Waals surface area (Å²) in [5, 5.41) is 3.01. The fourth-order valence-corrected chi connectivity index (χ4v) is 2.51. The fraction of sp³-hybridized carbons (Fsp3) is 0.533. The molecule has 0 fully saturated rings. The third-order valence-corrected chi connectivity index (χ3v) is 3.51. The molecule has 0 radical (unpaired) electrons. The highest BCUT2D eigenvalue weighted by atomic mass is 79.9. The average molecular weight is 327 g/mol. The molecule has 0 aliphatic rings. The summed E-state index contributed by atoms with van der Waals surface area (Å²) in [5.74, 6) is -0.0593. The molecule has 0 bridgehead atoms. The summed E-state index contributed by atoms with van der Waals surface area (Å²) in [7, 11) is 0. The first-order chi connectivity index (χ1) is 9.02. The van der Waals surface area contributed by atoms with E-state index in [2.05, 4.69) is 28.2 Å². The van der Waals surface area contributed by atoms with E-state index in [1.807, 2.05) is 6.92 Å². The lowest BCUT2D eigenvalue weighted by Gasteiger charge is -2.14. The Balaban J connectivity index is 2.45. The van der Waals surface area contributed by atoms with Gasteiger partial charge in [0.25, 0.3) is 5.91 Å². The Morgan fingerprint density at radius 3 is 2.68 bits per heavy atom. The lowest BCUT2D eigenvalue weighted by Crippen LogP contribution is -2.32. The molecule has 106 valence electrons. The zero-order valence-electron chi connectivity index (χ0n) is 11.7. The topological polar surface area (TPSA) is 55.1 Å². The summed E-state index contributed by atoms with van der Waals surface area (Å²) in [6.07, 6.45) is 5.92. The molecule has 4 heteroatoms. The number of anilines is 1. The molecular formula is C15H23BrN2O. The van der Waals surface area contributed by atoms with Crippen LogP contribution in [-0.4, -0.2) is 11.9 Å². The van der Waals surface area contributed by atoms with Crippen LogP contribution >= 0.6 is 15.9 Å². The Morgan fingerprint density at radius 1 is 1.32 bits per heavy atom. The van der Waals surface area contributed by atoms with Crippen molar-refractivity contribution in [3.05, 3.63) is 28.2 Å². The van der Waals surface area contributed by atoms with E-state index in [1.54, 1.807) is 18.2 Å². The Labute approximate surface area is 124 Å². The first kappa shape index (κ1) is 16.0. The molecule has 0 aromatic heterocycles. The number of hydrogen-bond acceptors (Lipinski definition) is 2. The molecule has 3 nitrogen and oxygen atoms in total. The van der Waals surface area contributed by atoms with Crippen LogP contribution in [0.2, 0.25) is 0 Å². The molecule has 1 rings (SSSR count). The van der Waals surface area contributed by atoms with Gasteiger partial charge < -0.3 is 11.1 Å². The molecule has 1 unspecified atom stereocenters. The molecular weight excluding hydrogens is 304 g/mol. The molecule has 0 aliphatic carbocycles. The van der Waals surface area contributed by atoms with Gasteiger partial charge in [0.1, 0.15) is 0 Å². The van der Waals surface area contributed by atoms with Crippen molar-refractivity contribution >= 4 is 27.5 Å². The fourth-order valence-electron chi connectivity index (χ4n) is 2.00. The van der Waals surface area contributed by atoms with Crippen molar-refractivity contribution < 1.29 is 4.79 Å². The van der Waals surface area contributed by atoms with Crippen molar-refractivity contribution in [3.63, 3.8) is 0 Å². The predicted molar refractivity (Wildman–Crippen MR) is 84.2 cm³/mol. The number of rotatable bonds is 7. The third kappa shape index (κ3) is 6.10. The SMILES string of the molecule is CCCCCCC(C)NC(=O)c1cc(N)cc(Br)c1. The molecule has 1 aromatic carbocycles. The predicted octanol–water partition coefficient (Wildman–Crippen LogP) is 4.12. The molecule has 1 atom stereocenters. The molecule has 1 amide bonds. The maximum absolute atomic E-state index is 12.1. The molecule has 3 N–H and O–H groups in total. The van der Waals surface area contributed by atoms with Crippen LogP contribution in [0.5, 0.6) is 0 Å². The van der Waals surface area contributed by atoms with E-state index in [0.29, 0.717) is 11.3 Å². The van der Waals surface area contributed by atoms with E-state index in [1.165, 1.54) is 19.3 Å². The number of carbonyl (C=O) groups is 1. The van der Waals surface area contributed by atoms with Gasteiger partial charge in [0, 0.05) is 21.8 Å². The Hall–Kier alpha value is -1.03. The second kappa shape index (κ2) is 8.20. The first-order valence-electron chi connectivity index (χ1n) is 6.90. The van der Waals surface area contributed by atoms with Crippen LogP contribution in [0.25, 0.3) is 0 Å². The van der Waals surface area contributed by atoms with E-state index in [0.717, 1.165) is 17.3 Å².